The van der Waals surface area contributed by atoms with Crippen LogP contribution >= 0.6 is 11.6 Å². The van der Waals surface area contributed by atoms with Gasteiger partial charge in [-0.2, -0.15) is 0 Å². The molecule has 3 aromatic rings. The third-order valence-corrected chi connectivity index (χ3v) is 8.98. The van der Waals surface area contributed by atoms with Crippen molar-refractivity contribution in [3.63, 3.8) is 0 Å². The molecule has 2 aliphatic heterocycles. The second kappa shape index (κ2) is 9.83. The van der Waals surface area contributed by atoms with E-state index >= 15 is 0 Å². The topological polar surface area (TPSA) is 35.6 Å². The second-order valence-electron chi connectivity index (χ2n) is 10.6. The molecule has 1 atom stereocenters. The Morgan fingerprint density at radius 2 is 1.39 bits per heavy atom. The molecule has 1 N–H and O–H groups in total. The molecule has 1 aliphatic carbocycles. The number of allylic oxidation sites excluding steroid dienone is 1. The lowest BCUT2D eigenvalue weighted by Gasteiger charge is -2.47. The maximum Gasteiger partial charge on any atom is 0.247 e. The number of piperidine rings is 1. The van der Waals surface area contributed by atoms with Gasteiger partial charge in [-0.3, -0.25) is 9.69 Å². The van der Waals surface area contributed by atoms with Gasteiger partial charge in [-0.1, -0.05) is 48.0 Å². The summed E-state index contributed by atoms with van der Waals surface area (Å²) in [4.78, 5) is 17.7. The molecule has 38 heavy (non-hydrogen) atoms. The summed E-state index contributed by atoms with van der Waals surface area (Å²) in [6.07, 6.45) is 7.68. The van der Waals surface area contributed by atoms with Crippen molar-refractivity contribution in [2.24, 2.45) is 0 Å². The van der Waals surface area contributed by atoms with Gasteiger partial charge in [-0.05, 0) is 85.3 Å². The average Bonchev–Trinajstić information content (AvgIpc) is 3.25. The van der Waals surface area contributed by atoms with E-state index in [0.29, 0.717) is 11.7 Å². The number of carbonyl (C=O) groups excluding carboxylic acids is 1. The molecule has 4 nitrogen and oxygen atoms in total. The van der Waals surface area contributed by atoms with E-state index in [4.69, 9.17) is 11.6 Å². The zero-order valence-corrected chi connectivity index (χ0v) is 21.8. The van der Waals surface area contributed by atoms with Crippen LogP contribution in [0.25, 0.3) is 0 Å². The van der Waals surface area contributed by atoms with E-state index in [-0.39, 0.29) is 23.6 Å². The molecule has 6 rings (SSSR count). The molecule has 2 saturated heterocycles. The molecular formula is C31H30ClF2N3O. The smallest absolute Gasteiger partial charge is 0.247 e. The van der Waals surface area contributed by atoms with Gasteiger partial charge in [0.15, 0.2) is 0 Å². The molecule has 0 aromatic heterocycles. The first-order chi connectivity index (χ1) is 18.4. The Morgan fingerprint density at radius 1 is 0.816 bits per heavy atom. The molecular weight excluding hydrogens is 504 g/mol. The monoisotopic (exact) mass is 533 g/mol. The van der Waals surface area contributed by atoms with Crippen molar-refractivity contribution in [1.82, 2.24) is 10.2 Å². The van der Waals surface area contributed by atoms with E-state index in [0.717, 1.165) is 55.6 Å². The van der Waals surface area contributed by atoms with Crippen molar-refractivity contribution in [3.05, 3.63) is 113 Å². The molecule has 0 bridgehead atoms. The predicted molar refractivity (Wildman–Crippen MR) is 146 cm³/mol. The number of halogens is 3. The normalized spacial score (nSPS) is 22.6. The van der Waals surface area contributed by atoms with Crippen molar-refractivity contribution in [2.45, 2.75) is 42.7 Å². The van der Waals surface area contributed by atoms with Gasteiger partial charge >= 0.3 is 0 Å². The first-order valence-corrected chi connectivity index (χ1v) is 13.5. The quantitative estimate of drug-likeness (QED) is 0.415. The van der Waals surface area contributed by atoms with Gasteiger partial charge in [0.25, 0.3) is 0 Å². The summed E-state index contributed by atoms with van der Waals surface area (Å²) < 4.78 is 27.5. The molecule has 2 fully saturated rings. The summed E-state index contributed by atoms with van der Waals surface area (Å²) in [7, 11) is 0. The molecule has 3 aliphatic rings. The lowest BCUT2D eigenvalue weighted by atomic mass is 9.68. The van der Waals surface area contributed by atoms with Gasteiger partial charge in [-0.25, -0.2) is 8.78 Å². The highest BCUT2D eigenvalue weighted by Gasteiger charge is 2.51. The zero-order valence-electron chi connectivity index (χ0n) is 21.0. The lowest BCUT2D eigenvalue weighted by molar-refractivity contribution is -0.125. The number of benzene rings is 3. The molecule has 3 aromatic carbocycles. The number of rotatable bonds is 4. The van der Waals surface area contributed by atoms with Crippen LogP contribution in [0.1, 0.15) is 36.8 Å². The summed E-state index contributed by atoms with van der Waals surface area (Å²) in [5.74, 6) is -0.448. The van der Waals surface area contributed by atoms with E-state index in [1.165, 1.54) is 24.3 Å². The minimum Gasteiger partial charge on any atom is -0.339 e. The molecule has 196 valence electrons. The Hall–Kier alpha value is -3.22. The minimum atomic E-state index is -0.547. The van der Waals surface area contributed by atoms with Crippen molar-refractivity contribution >= 4 is 23.2 Å². The molecule has 0 radical (unpaired) electrons. The molecule has 7 heteroatoms. The molecule has 1 unspecified atom stereocenters. The highest BCUT2D eigenvalue weighted by Crippen LogP contribution is 2.43. The van der Waals surface area contributed by atoms with Gasteiger partial charge < -0.3 is 10.2 Å². The number of hydrogen-bond acceptors (Lipinski definition) is 3. The Bertz CT molecular complexity index is 1290. The fourth-order valence-corrected chi connectivity index (χ4v) is 6.67. The first-order valence-electron chi connectivity index (χ1n) is 13.2. The van der Waals surface area contributed by atoms with E-state index in [2.05, 4.69) is 27.3 Å². The van der Waals surface area contributed by atoms with Crippen LogP contribution in [-0.4, -0.2) is 42.1 Å². The van der Waals surface area contributed by atoms with E-state index in [9.17, 15) is 13.6 Å². The summed E-state index contributed by atoms with van der Waals surface area (Å²) in [6, 6.07) is 21.2. The first kappa shape index (κ1) is 25.1. The van der Waals surface area contributed by atoms with Crippen molar-refractivity contribution in [3.8, 4) is 0 Å². The number of nitrogens with zero attached hydrogens (tertiary/aromatic N) is 2. The predicted octanol–water partition coefficient (Wildman–Crippen LogP) is 6.05. The van der Waals surface area contributed by atoms with E-state index in [1.807, 2.05) is 48.5 Å². The van der Waals surface area contributed by atoms with Crippen molar-refractivity contribution in [1.29, 1.82) is 0 Å². The van der Waals surface area contributed by atoms with Gasteiger partial charge in [0, 0.05) is 35.3 Å². The lowest BCUT2D eigenvalue weighted by Crippen LogP contribution is -2.58. The Kier molecular flexibility index (Phi) is 6.48. The van der Waals surface area contributed by atoms with Gasteiger partial charge in [-0.15, -0.1) is 0 Å². The van der Waals surface area contributed by atoms with Crippen LogP contribution in [0.15, 0.2) is 84.9 Å². The molecule has 1 spiro atoms. The summed E-state index contributed by atoms with van der Waals surface area (Å²) >= 11 is 6.09. The fraction of sp³-hybridized carbons (Fsp3) is 0.323. The summed E-state index contributed by atoms with van der Waals surface area (Å²) in [5, 5.41) is 3.74. The number of hydrogen-bond donors (Lipinski definition) is 1. The highest BCUT2D eigenvalue weighted by atomic mass is 35.5. The second-order valence-corrected chi connectivity index (χ2v) is 11.0. The Morgan fingerprint density at radius 3 is 1.92 bits per heavy atom. The number of likely N-dealkylation sites (tertiary alicyclic amines) is 1. The van der Waals surface area contributed by atoms with Crippen LogP contribution in [0, 0.1) is 11.6 Å². The van der Waals surface area contributed by atoms with Crippen LogP contribution in [0.5, 0.6) is 0 Å². The fourth-order valence-electron chi connectivity index (χ4n) is 6.55. The Balaban J connectivity index is 1.22. The average molecular weight is 534 g/mol. The number of carbonyl (C=O) groups is 1. The molecule has 2 heterocycles. The van der Waals surface area contributed by atoms with Crippen LogP contribution in [0.3, 0.4) is 0 Å². The van der Waals surface area contributed by atoms with E-state index in [1.54, 1.807) is 0 Å². The number of nitrogens with one attached hydrogen (secondary N) is 1. The third kappa shape index (κ3) is 4.30. The molecule has 1 amide bonds. The van der Waals surface area contributed by atoms with Crippen LogP contribution in [-0.2, 0) is 10.2 Å². The van der Waals surface area contributed by atoms with Gasteiger partial charge in [0.1, 0.15) is 17.2 Å². The third-order valence-electron chi connectivity index (χ3n) is 8.73. The van der Waals surface area contributed by atoms with Crippen LogP contribution in [0.2, 0.25) is 5.02 Å². The zero-order chi connectivity index (χ0) is 26.3. The van der Waals surface area contributed by atoms with Crippen LogP contribution < -0.4 is 10.2 Å². The summed E-state index contributed by atoms with van der Waals surface area (Å²) in [6.45, 7) is 2.13. The molecule has 0 saturated carbocycles. The highest BCUT2D eigenvalue weighted by molar-refractivity contribution is 6.30. The maximum atomic E-state index is 13.7. The van der Waals surface area contributed by atoms with Crippen molar-refractivity contribution < 1.29 is 13.6 Å². The van der Waals surface area contributed by atoms with Crippen molar-refractivity contribution in [2.75, 3.05) is 24.7 Å². The number of anilines is 1. The Labute approximate surface area is 226 Å². The number of amides is 1. The maximum absolute atomic E-state index is 13.7. The summed E-state index contributed by atoms with van der Waals surface area (Å²) in [5.41, 5.74) is 2.01. The van der Waals surface area contributed by atoms with E-state index < -0.39 is 11.0 Å². The van der Waals surface area contributed by atoms with Gasteiger partial charge in [0.2, 0.25) is 5.91 Å². The SMILES string of the molecule is O=C1NCN(c2ccc(Cl)cc2)C12CCN(C1C=CC(c3ccc(F)cc3)(c3ccc(F)cc3)CC1)CC2. The largest absolute Gasteiger partial charge is 0.339 e. The van der Waals surface area contributed by atoms with Gasteiger partial charge in [0.05, 0.1) is 6.67 Å². The standard InChI is InChI=1S/C31H30ClF2N3O/c32-24-5-11-28(12-6-24)37-21-35-29(38)31(37)17-19-36(20-18-31)27-13-15-30(16-14-27,22-1-7-25(33)8-2-22)23-3-9-26(34)10-4-23/h1-13,15,27H,14,16-21H2,(H,35,38). The van der Waals surface area contributed by atoms with Crippen LogP contribution in [0.4, 0.5) is 14.5 Å². The minimum absolute atomic E-state index is 0.0953.